The van der Waals surface area contributed by atoms with E-state index in [-0.39, 0.29) is 30.1 Å². The third kappa shape index (κ3) is 6.40. The van der Waals surface area contributed by atoms with Gasteiger partial charge in [-0.1, -0.05) is 25.3 Å². The molecule has 0 bridgehead atoms. The van der Waals surface area contributed by atoms with E-state index in [0.717, 1.165) is 31.2 Å². The number of hydrogen-bond donors (Lipinski definition) is 2. The van der Waals surface area contributed by atoms with Gasteiger partial charge in [0.2, 0.25) is 0 Å². The van der Waals surface area contributed by atoms with Crippen molar-refractivity contribution in [1.29, 1.82) is 0 Å². The SMILES string of the molecule is COc1cc(CN[C@H]2CCCCC[C@H]2CO)ccc1OCC(F)(F)F. The molecule has 0 aromatic heterocycles. The second kappa shape index (κ2) is 9.29. The maximum absolute atomic E-state index is 12.3. The van der Waals surface area contributed by atoms with Crippen molar-refractivity contribution in [3.63, 3.8) is 0 Å². The normalized spacial score (nSPS) is 21.6. The standard InChI is InChI=1S/C18H26F3NO3/c1-24-17-9-13(7-8-16(17)25-12-18(19,20)21)10-22-15-6-4-2-3-5-14(15)11-23/h7-9,14-15,22-23H,2-6,10-12H2,1H3/t14-,15-/m0/s1. The van der Waals surface area contributed by atoms with Gasteiger partial charge in [-0.2, -0.15) is 13.2 Å². The van der Waals surface area contributed by atoms with Crippen molar-refractivity contribution in [3.8, 4) is 11.5 Å². The molecule has 0 heterocycles. The Morgan fingerprint density at radius 3 is 2.60 bits per heavy atom. The van der Waals surface area contributed by atoms with Gasteiger partial charge in [-0.15, -0.1) is 0 Å². The van der Waals surface area contributed by atoms with Crippen LogP contribution in [0, 0.1) is 5.92 Å². The summed E-state index contributed by atoms with van der Waals surface area (Å²) in [4.78, 5) is 0. The van der Waals surface area contributed by atoms with Crippen molar-refractivity contribution >= 4 is 0 Å². The Balaban J connectivity index is 1.97. The predicted octanol–water partition coefficient (Wildman–Crippen LogP) is 3.67. The van der Waals surface area contributed by atoms with Crippen LogP contribution in [0.3, 0.4) is 0 Å². The Hall–Kier alpha value is -1.47. The lowest BCUT2D eigenvalue weighted by atomic mass is 9.95. The minimum absolute atomic E-state index is 0.0753. The lowest BCUT2D eigenvalue weighted by Crippen LogP contribution is -2.36. The van der Waals surface area contributed by atoms with E-state index in [9.17, 15) is 18.3 Å². The Kier molecular flexibility index (Phi) is 7.38. The molecule has 0 aliphatic heterocycles. The molecule has 0 unspecified atom stereocenters. The van der Waals surface area contributed by atoms with Crippen LogP contribution < -0.4 is 14.8 Å². The lowest BCUT2D eigenvalue weighted by molar-refractivity contribution is -0.153. The van der Waals surface area contributed by atoms with Crippen molar-refractivity contribution in [2.75, 3.05) is 20.3 Å². The molecule has 2 N–H and O–H groups in total. The molecule has 2 atom stereocenters. The Labute approximate surface area is 146 Å². The van der Waals surface area contributed by atoms with Crippen molar-refractivity contribution in [2.45, 2.75) is 50.9 Å². The second-order valence-electron chi connectivity index (χ2n) is 6.46. The maximum atomic E-state index is 12.3. The molecule has 1 aliphatic carbocycles. The van der Waals surface area contributed by atoms with Crippen LogP contribution in [0.15, 0.2) is 18.2 Å². The lowest BCUT2D eigenvalue weighted by Gasteiger charge is -2.25. The van der Waals surface area contributed by atoms with Crippen LogP contribution in [0.2, 0.25) is 0 Å². The molecule has 7 heteroatoms. The first-order valence-electron chi connectivity index (χ1n) is 8.63. The van der Waals surface area contributed by atoms with E-state index in [1.807, 2.05) is 0 Å². The molecule has 1 fully saturated rings. The average molecular weight is 361 g/mol. The number of nitrogens with one attached hydrogen (secondary N) is 1. The van der Waals surface area contributed by atoms with Crippen LogP contribution in [0.4, 0.5) is 13.2 Å². The predicted molar refractivity (Wildman–Crippen MR) is 88.8 cm³/mol. The number of ether oxygens (including phenoxy) is 2. The van der Waals surface area contributed by atoms with E-state index in [1.54, 1.807) is 12.1 Å². The molecule has 2 rings (SSSR count). The van der Waals surface area contributed by atoms with Gasteiger partial charge in [0.05, 0.1) is 7.11 Å². The zero-order valence-electron chi connectivity index (χ0n) is 14.4. The van der Waals surface area contributed by atoms with Gasteiger partial charge >= 0.3 is 6.18 Å². The van der Waals surface area contributed by atoms with E-state index in [2.05, 4.69) is 5.32 Å². The molecule has 0 radical (unpaired) electrons. The zero-order chi connectivity index (χ0) is 18.3. The molecule has 0 amide bonds. The monoisotopic (exact) mass is 361 g/mol. The quantitative estimate of drug-likeness (QED) is 0.728. The summed E-state index contributed by atoms with van der Waals surface area (Å²) in [6.07, 6.45) is 1.12. The van der Waals surface area contributed by atoms with Gasteiger partial charge in [-0.3, -0.25) is 0 Å². The summed E-state index contributed by atoms with van der Waals surface area (Å²) in [5.74, 6) is 0.605. The number of aliphatic hydroxyl groups is 1. The van der Waals surface area contributed by atoms with Crippen LogP contribution in [0.1, 0.15) is 37.7 Å². The van der Waals surface area contributed by atoms with E-state index in [0.29, 0.717) is 6.54 Å². The molecule has 1 aromatic carbocycles. The molecule has 1 aliphatic rings. The molecular formula is C18H26F3NO3. The number of hydrogen-bond acceptors (Lipinski definition) is 4. The fourth-order valence-electron chi connectivity index (χ4n) is 3.22. The highest BCUT2D eigenvalue weighted by Crippen LogP contribution is 2.30. The number of benzene rings is 1. The molecule has 1 aromatic rings. The highest BCUT2D eigenvalue weighted by Gasteiger charge is 2.29. The molecule has 0 saturated heterocycles. The summed E-state index contributed by atoms with van der Waals surface area (Å²) in [6.45, 7) is -0.608. The smallest absolute Gasteiger partial charge is 0.422 e. The first-order chi connectivity index (χ1) is 11.9. The van der Waals surface area contributed by atoms with Crippen molar-refractivity contribution in [3.05, 3.63) is 23.8 Å². The highest BCUT2D eigenvalue weighted by atomic mass is 19.4. The van der Waals surface area contributed by atoms with E-state index >= 15 is 0 Å². The highest BCUT2D eigenvalue weighted by molar-refractivity contribution is 5.43. The van der Waals surface area contributed by atoms with Gasteiger partial charge in [-0.25, -0.2) is 0 Å². The van der Waals surface area contributed by atoms with E-state index < -0.39 is 12.8 Å². The van der Waals surface area contributed by atoms with Gasteiger partial charge in [0.1, 0.15) is 0 Å². The van der Waals surface area contributed by atoms with E-state index in [1.165, 1.54) is 19.6 Å². The third-order valence-corrected chi connectivity index (χ3v) is 4.58. The maximum Gasteiger partial charge on any atom is 0.422 e. The van der Waals surface area contributed by atoms with Gasteiger partial charge in [0.25, 0.3) is 0 Å². The average Bonchev–Trinajstić information content (AvgIpc) is 2.82. The summed E-state index contributed by atoms with van der Waals surface area (Å²) >= 11 is 0. The molecular weight excluding hydrogens is 335 g/mol. The molecule has 142 valence electrons. The van der Waals surface area contributed by atoms with Gasteiger partial charge in [-0.05, 0) is 36.5 Å². The van der Waals surface area contributed by atoms with Crippen LogP contribution in [0.25, 0.3) is 0 Å². The van der Waals surface area contributed by atoms with Gasteiger partial charge < -0.3 is 19.9 Å². The van der Waals surface area contributed by atoms with Crippen molar-refractivity contribution in [1.82, 2.24) is 5.32 Å². The summed E-state index contributed by atoms with van der Waals surface area (Å²) in [5, 5.41) is 13.0. The molecule has 4 nitrogen and oxygen atoms in total. The van der Waals surface area contributed by atoms with Crippen LogP contribution >= 0.6 is 0 Å². The Morgan fingerprint density at radius 2 is 1.92 bits per heavy atom. The number of methoxy groups -OCH3 is 1. The summed E-state index contributed by atoms with van der Waals surface area (Å²) in [7, 11) is 1.40. The minimum atomic E-state index is -4.38. The molecule has 1 saturated carbocycles. The van der Waals surface area contributed by atoms with Crippen molar-refractivity contribution in [2.24, 2.45) is 5.92 Å². The molecule has 25 heavy (non-hydrogen) atoms. The first-order valence-corrected chi connectivity index (χ1v) is 8.63. The first kappa shape index (κ1) is 19.8. The second-order valence-corrected chi connectivity index (χ2v) is 6.46. The van der Waals surface area contributed by atoms with Crippen LogP contribution in [-0.2, 0) is 6.54 Å². The number of aliphatic hydroxyl groups excluding tert-OH is 1. The zero-order valence-corrected chi connectivity index (χ0v) is 14.4. The number of rotatable bonds is 7. The fourth-order valence-corrected chi connectivity index (χ4v) is 3.22. The number of alkyl halides is 3. The third-order valence-electron chi connectivity index (χ3n) is 4.58. The van der Waals surface area contributed by atoms with E-state index in [4.69, 9.17) is 9.47 Å². The Morgan fingerprint density at radius 1 is 1.16 bits per heavy atom. The topological polar surface area (TPSA) is 50.7 Å². The largest absolute Gasteiger partial charge is 0.493 e. The van der Waals surface area contributed by atoms with Gasteiger partial charge in [0, 0.05) is 19.2 Å². The van der Waals surface area contributed by atoms with Gasteiger partial charge in [0.15, 0.2) is 18.1 Å². The summed E-state index contributed by atoms with van der Waals surface area (Å²) < 4.78 is 46.8. The van der Waals surface area contributed by atoms with Crippen LogP contribution in [0.5, 0.6) is 11.5 Å². The molecule has 0 spiro atoms. The van der Waals surface area contributed by atoms with Crippen molar-refractivity contribution < 1.29 is 27.8 Å². The summed E-state index contributed by atoms with van der Waals surface area (Å²) in [5.41, 5.74) is 0.900. The minimum Gasteiger partial charge on any atom is -0.493 e. The summed E-state index contributed by atoms with van der Waals surface area (Å²) in [6, 6.07) is 5.16. The number of halogens is 3. The van der Waals surface area contributed by atoms with Crippen LogP contribution in [-0.4, -0.2) is 37.6 Å². The fraction of sp³-hybridized carbons (Fsp3) is 0.667. The Bertz CT molecular complexity index is 537.